The van der Waals surface area contributed by atoms with Gasteiger partial charge in [-0.3, -0.25) is 4.90 Å². The number of aryl methyl sites for hydroxylation is 1. The van der Waals surface area contributed by atoms with E-state index in [1.165, 1.54) is 21.9 Å². The third-order valence-corrected chi connectivity index (χ3v) is 5.46. The minimum atomic E-state index is -0.655. The predicted molar refractivity (Wildman–Crippen MR) is 113 cm³/mol. The molecule has 3 rings (SSSR count). The molecule has 1 unspecified atom stereocenters. The summed E-state index contributed by atoms with van der Waals surface area (Å²) in [5, 5.41) is 11.1. The van der Waals surface area contributed by atoms with E-state index in [9.17, 15) is 9.50 Å². The van der Waals surface area contributed by atoms with E-state index in [4.69, 9.17) is 16.3 Å². The number of nitrogens with zero attached hydrogens (tertiary/aromatic N) is 1. The second-order valence-electron chi connectivity index (χ2n) is 6.73. The lowest BCUT2D eigenvalue weighted by molar-refractivity contribution is 0.0632. The van der Waals surface area contributed by atoms with Crippen molar-refractivity contribution in [2.24, 2.45) is 0 Å². The number of aliphatic hydroxyl groups is 1. The molecule has 1 heterocycles. The molecule has 0 aliphatic heterocycles. The Morgan fingerprint density at radius 2 is 1.75 bits per heavy atom. The van der Waals surface area contributed by atoms with Crippen molar-refractivity contribution in [3.63, 3.8) is 0 Å². The van der Waals surface area contributed by atoms with E-state index in [1.807, 2.05) is 0 Å². The topological polar surface area (TPSA) is 32.7 Å². The second kappa shape index (κ2) is 10.0. The van der Waals surface area contributed by atoms with Crippen molar-refractivity contribution in [2.45, 2.75) is 26.1 Å². The smallest absolute Gasteiger partial charge is 0.123 e. The van der Waals surface area contributed by atoms with Gasteiger partial charge < -0.3 is 9.84 Å². The molecule has 0 saturated carbocycles. The van der Waals surface area contributed by atoms with Gasteiger partial charge in [-0.1, -0.05) is 23.7 Å². The number of hydrogen-bond acceptors (Lipinski definition) is 4. The monoisotopic (exact) mass is 419 g/mol. The summed E-state index contributed by atoms with van der Waals surface area (Å²) < 4.78 is 18.9. The Balaban J connectivity index is 1.61. The fraction of sp³-hybridized carbons (Fsp3) is 0.273. The molecule has 2 aromatic carbocycles. The van der Waals surface area contributed by atoms with Crippen LogP contribution in [-0.4, -0.2) is 29.3 Å². The van der Waals surface area contributed by atoms with Crippen molar-refractivity contribution in [1.82, 2.24) is 4.90 Å². The molecule has 0 spiro atoms. The highest BCUT2D eigenvalue weighted by molar-refractivity contribution is 7.11. The van der Waals surface area contributed by atoms with Gasteiger partial charge in [0.05, 0.1) is 0 Å². The van der Waals surface area contributed by atoms with Gasteiger partial charge in [0.2, 0.25) is 0 Å². The predicted octanol–water partition coefficient (Wildman–Crippen LogP) is 5.29. The summed E-state index contributed by atoms with van der Waals surface area (Å²) in [4.78, 5) is 4.63. The van der Waals surface area contributed by atoms with Crippen LogP contribution in [0.5, 0.6) is 5.75 Å². The highest BCUT2D eigenvalue weighted by Crippen LogP contribution is 2.20. The van der Waals surface area contributed by atoms with Gasteiger partial charge in [-0.2, -0.15) is 0 Å². The van der Waals surface area contributed by atoms with Gasteiger partial charge >= 0.3 is 0 Å². The third-order valence-electron chi connectivity index (χ3n) is 4.22. The fourth-order valence-electron chi connectivity index (χ4n) is 2.90. The van der Waals surface area contributed by atoms with Gasteiger partial charge in [0.15, 0.2) is 0 Å². The number of benzene rings is 2. The molecule has 3 aromatic rings. The zero-order valence-corrected chi connectivity index (χ0v) is 17.2. The maximum absolute atomic E-state index is 13.2. The number of halogens is 2. The Morgan fingerprint density at radius 1 is 1.04 bits per heavy atom. The maximum atomic E-state index is 13.2. The fourth-order valence-corrected chi connectivity index (χ4v) is 3.96. The summed E-state index contributed by atoms with van der Waals surface area (Å²) in [6, 6.07) is 17.7. The zero-order chi connectivity index (χ0) is 19.9. The molecule has 6 heteroatoms. The van der Waals surface area contributed by atoms with Crippen LogP contribution >= 0.6 is 22.9 Å². The van der Waals surface area contributed by atoms with Gasteiger partial charge in [0.1, 0.15) is 24.3 Å². The molecule has 0 radical (unpaired) electrons. The molecule has 1 N–H and O–H groups in total. The van der Waals surface area contributed by atoms with Crippen LogP contribution in [0.4, 0.5) is 4.39 Å². The van der Waals surface area contributed by atoms with Crippen molar-refractivity contribution in [1.29, 1.82) is 0 Å². The van der Waals surface area contributed by atoms with Crippen molar-refractivity contribution < 1.29 is 14.2 Å². The zero-order valence-electron chi connectivity index (χ0n) is 15.6. The van der Waals surface area contributed by atoms with Gasteiger partial charge in [-0.15, -0.1) is 11.3 Å². The minimum absolute atomic E-state index is 0.186. The van der Waals surface area contributed by atoms with Gasteiger partial charge in [0, 0.05) is 34.4 Å². The van der Waals surface area contributed by atoms with Crippen LogP contribution < -0.4 is 4.74 Å². The van der Waals surface area contributed by atoms with Crippen LogP contribution in [0.2, 0.25) is 5.02 Å². The summed E-state index contributed by atoms with van der Waals surface area (Å²) in [5.41, 5.74) is 1.00. The maximum Gasteiger partial charge on any atom is 0.123 e. The minimum Gasteiger partial charge on any atom is -0.491 e. The summed E-state index contributed by atoms with van der Waals surface area (Å²) in [6.07, 6.45) is -0.655. The van der Waals surface area contributed by atoms with Gasteiger partial charge in [-0.05, 0) is 61.0 Å². The summed E-state index contributed by atoms with van der Waals surface area (Å²) >= 11 is 7.62. The Hall–Kier alpha value is -1.92. The van der Waals surface area contributed by atoms with Crippen molar-refractivity contribution >= 4 is 22.9 Å². The van der Waals surface area contributed by atoms with E-state index in [0.29, 0.717) is 30.4 Å². The summed E-state index contributed by atoms with van der Waals surface area (Å²) in [5.74, 6) is 0.419. The molecule has 0 saturated heterocycles. The van der Waals surface area contributed by atoms with Gasteiger partial charge in [-0.25, -0.2) is 4.39 Å². The average Bonchev–Trinajstić information content (AvgIpc) is 3.08. The highest BCUT2D eigenvalue weighted by Gasteiger charge is 2.15. The largest absolute Gasteiger partial charge is 0.491 e. The van der Waals surface area contributed by atoms with Crippen molar-refractivity contribution in [3.8, 4) is 5.75 Å². The third kappa shape index (κ3) is 6.60. The van der Waals surface area contributed by atoms with E-state index >= 15 is 0 Å². The molecule has 28 heavy (non-hydrogen) atoms. The van der Waals surface area contributed by atoms with Crippen LogP contribution in [0.15, 0.2) is 60.7 Å². The normalized spacial score (nSPS) is 12.3. The van der Waals surface area contributed by atoms with Crippen LogP contribution in [0.1, 0.15) is 15.3 Å². The lowest BCUT2D eigenvalue weighted by Crippen LogP contribution is -2.34. The summed E-state index contributed by atoms with van der Waals surface area (Å²) in [6.45, 7) is 4.04. The van der Waals surface area contributed by atoms with Gasteiger partial charge in [0.25, 0.3) is 0 Å². The molecule has 1 aromatic heterocycles. The van der Waals surface area contributed by atoms with Crippen molar-refractivity contribution in [3.05, 3.63) is 86.8 Å². The standard InChI is InChI=1S/C22H23ClFNO2S/c1-16-2-11-22(28-16)14-25(12-17-3-7-19(24)8-4-17)13-20(26)15-27-21-9-5-18(23)6-10-21/h2-11,20,26H,12-15H2,1H3. The van der Waals surface area contributed by atoms with E-state index in [1.54, 1.807) is 47.7 Å². The lowest BCUT2D eigenvalue weighted by atomic mass is 10.2. The van der Waals surface area contributed by atoms with Crippen LogP contribution in [0.25, 0.3) is 0 Å². The van der Waals surface area contributed by atoms with Crippen LogP contribution in [0.3, 0.4) is 0 Å². The molecular formula is C22H23ClFNO2S. The first kappa shape index (κ1) is 20.8. The number of ether oxygens (including phenoxy) is 1. The first-order valence-electron chi connectivity index (χ1n) is 9.06. The van der Waals surface area contributed by atoms with E-state index in [-0.39, 0.29) is 12.4 Å². The number of aliphatic hydroxyl groups excluding tert-OH is 1. The quantitative estimate of drug-likeness (QED) is 0.511. The summed E-state index contributed by atoms with van der Waals surface area (Å²) in [7, 11) is 0. The first-order valence-corrected chi connectivity index (χ1v) is 10.3. The van der Waals surface area contributed by atoms with E-state index < -0.39 is 6.10 Å². The number of thiophene rings is 1. The van der Waals surface area contributed by atoms with E-state index in [2.05, 4.69) is 24.0 Å². The average molecular weight is 420 g/mol. The lowest BCUT2D eigenvalue weighted by Gasteiger charge is -2.25. The van der Waals surface area contributed by atoms with Crippen LogP contribution in [-0.2, 0) is 13.1 Å². The first-order chi connectivity index (χ1) is 13.5. The van der Waals surface area contributed by atoms with E-state index in [0.717, 1.165) is 5.56 Å². The molecule has 148 valence electrons. The Kier molecular flexibility index (Phi) is 7.45. The second-order valence-corrected chi connectivity index (χ2v) is 8.54. The number of rotatable bonds is 9. The Labute approximate surface area is 174 Å². The number of hydrogen-bond donors (Lipinski definition) is 1. The molecule has 0 aliphatic carbocycles. The molecule has 0 fully saturated rings. The molecule has 0 amide bonds. The molecule has 1 atom stereocenters. The highest BCUT2D eigenvalue weighted by atomic mass is 35.5. The molecule has 0 bridgehead atoms. The van der Waals surface area contributed by atoms with Crippen molar-refractivity contribution in [2.75, 3.05) is 13.2 Å². The SMILES string of the molecule is Cc1ccc(CN(Cc2ccc(F)cc2)CC(O)COc2ccc(Cl)cc2)s1. The molecule has 3 nitrogen and oxygen atoms in total. The molecule has 0 aliphatic rings. The Morgan fingerprint density at radius 3 is 2.39 bits per heavy atom. The van der Waals surface area contributed by atoms with Crippen LogP contribution in [0, 0.1) is 12.7 Å². The Bertz CT molecular complexity index is 867. The molecular weight excluding hydrogens is 397 g/mol.